The fourth-order valence-corrected chi connectivity index (χ4v) is 1.47. The number of nitrogen functional groups attached to an aromatic ring is 1. The number of aryl methyl sites for hydroxylation is 1. The summed E-state index contributed by atoms with van der Waals surface area (Å²) < 4.78 is 5.10. The Balaban J connectivity index is 2.51. The average molecular weight is 237 g/mol. The molecule has 3 N–H and O–H groups in total. The van der Waals surface area contributed by atoms with Crippen LogP contribution in [0.5, 0.6) is 0 Å². The molecule has 4 heteroatoms. The predicted octanol–water partition coefficient (Wildman–Crippen LogP) is 2.45. The van der Waals surface area contributed by atoms with Crippen LogP contribution >= 0.6 is 0 Å². The summed E-state index contributed by atoms with van der Waals surface area (Å²) in [6, 6.07) is 3.79. The van der Waals surface area contributed by atoms with Gasteiger partial charge in [-0.1, -0.05) is 13.8 Å². The van der Waals surface area contributed by atoms with Gasteiger partial charge >= 0.3 is 0 Å². The summed E-state index contributed by atoms with van der Waals surface area (Å²) in [7, 11) is 1.73. The molecule has 4 nitrogen and oxygen atoms in total. The molecule has 0 aromatic carbocycles. The van der Waals surface area contributed by atoms with Gasteiger partial charge in [0.15, 0.2) is 0 Å². The first kappa shape index (κ1) is 13.8. The Labute approximate surface area is 104 Å². The van der Waals surface area contributed by atoms with Crippen molar-refractivity contribution in [2.24, 2.45) is 5.41 Å². The summed E-state index contributed by atoms with van der Waals surface area (Å²) in [5.41, 5.74) is 7.51. The van der Waals surface area contributed by atoms with Crippen molar-refractivity contribution in [2.45, 2.75) is 27.2 Å². The van der Waals surface area contributed by atoms with Gasteiger partial charge in [0.1, 0.15) is 5.82 Å². The van der Waals surface area contributed by atoms with Gasteiger partial charge in [0.2, 0.25) is 0 Å². The summed E-state index contributed by atoms with van der Waals surface area (Å²) >= 11 is 0. The lowest BCUT2D eigenvalue weighted by atomic mass is 9.90. The standard InChI is InChI=1S/C13H23N3O/c1-10-11(14)5-6-12(16-10)15-9-13(2,3)7-8-17-4/h5-6H,7-9,14H2,1-4H3,(H,15,16). The van der Waals surface area contributed by atoms with Gasteiger partial charge in [0.25, 0.3) is 0 Å². The minimum atomic E-state index is 0.187. The Hall–Kier alpha value is -1.29. The van der Waals surface area contributed by atoms with Gasteiger partial charge in [-0.2, -0.15) is 0 Å². The van der Waals surface area contributed by atoms with Crippen molar-refractivity contribution >= 4 is 11.5 Å². The van der Waals surface area contributed by atoms with Crippen molar-refractivity contribution in [1.29, 1.82) is 0 Å². The number of pyridine rings is 1. The predicted molar refractivity (Wildman–Crippen MR) is 72.2 cm³/mol. The van der Waals surface area contributed by atoms with Crippen LogP contribution in [0.3, 0.4) is 0 Å². The molecule has 0 aliphatic rings. The van der Waals surface area contributed by atoms with E-state index >= 15 is 0 Å². The van der Waals surface area contributed by atoms with E-state index in [0.29, 0.717) is 0 Å². The highest BCUT2D eigenvalue weighted by molar-refractivity contribution is 5.49. The summed E-state index contributed by atoms with van der Waals surface area (Å²) in [6.45, 7) is 7.98. The molecule has 0 atom stereocenters. The molecule has 1 aromatic heterocycles. The Morgan fingerprint density at radius 2 is 2.12 bits per heavy atom. The van der Waals surface area contributed by atoms with E-state index in [9.17, 15) is 0 Å². The number of ether oxygens (including phenoxy) is 1. The number of rotatable bonds is 6. The first-order valence-corrected chi connectivity index (χ1v) is 5.90. The van der Waals surface area contributed by atoms with Gasteiger partial charge in [-0.3, -0.25) is 0 Å². The number of hydrogen-bond acceptors (Lipinski definition) is 4. The van der Waals surface area contributed by atoms with E-state index in [1.54, 1.807) is 7.11 Å². The molecule has 0 fully saturated rings. The Morgan fingerprint density at radius 3 is 2.71 bits per heavy atom. The van der Waals surface area contributed by atoms with Gasteiger partial charge in [-0.05, 0) is 30.9 Å². The number of anilines is 2. The minimum absolute atomic E-state index is 0.187. The van der Waals surface area contributed by atoms with E-state index in [2.05, 4.69) is 24.1 Å². The summed E-state index contributed by atoms with van der Waals surface area (Å²) in [4.78, 5) is 4.39. The summed E-state index contributed by atoms with van der Waals surface area (Å²) in [5.74, 6) is 0.877. The maximum atomic E-state index is 5.73. The van der Waals surface area contributed by atoms with Gasteiger partial charge in [0, 0.05) is 20.3 Å². The van der Waals surface area contributed by atoms with Crippen molar-refractivity contribution in [3.05, 3.63) is 17.8 Å². The SMILES string of the molecule is COCCC(C)(C)CNc1ccc(N)c(C)n1. The number of nitrogens with zero attached hydrogens (tertiary/aromatic N) is 1. The third-order valence-electron chi connectivity index (χ3n) is 2.86. The van der Waals surface area contributed by atoms with Gasteiger partial charge < -0.3 is 15.8 Å². The summed E-state index contributed by atoms with van der Waals surface area (Å²) in [5, 5.41) is 3.34. The van der Waals surface area contributed by atoms with Crippen molar-refractivity contribution in [1.82, 2.24) is 4.98 Å². The largest absolute Gasteiger partial charge is 0.397 e. The van der Waals surface area contributed by atoms with Crippen LogP contribution in [0.15, 0.2) is 12.1 Å². The lowest BCUT2D eigenvalue weighted by molar-refractivity contribution is 0.157. The smallest absolute Gasteiger partial charge is 0.126 e. The maximum absolute atomic E-state index is 5.73. The third-order valence-corrected chi connectivity index (χ3v) is 2.86. The van der Waals surface area contributed by atoms with Crippen LogP contribution in [0.2, 0.25) is 0 Å². The second kappa shape index (κ2) is 5.87. The lowest BCUT2D eigenvalue weighted by Crippen LogP contribution is -2.25. The Morgan fingerprint density at radius 1 is 1.41 bits per heavy atom. The molecular formula is C13H23N3O. The highest BCUT2D eigenvalue weighted by atomic mass is 16.5. The number of nitrogens with two attached hydrogens (primary N) is 1. The van der Waals surface area contributed by atoms with E-state index in [4.69, 9.17) is 10.5 Å². The number of nitrogens with one attached hydrogen (secondary N) is 1. The molecule has 0 unspecified atom stereocenters. The fourth-order valence-electron chi connectivity index (χ4n) is 1.47. The second-order valence-electron chi connectivity index (χ2n) is 5.13. The van der Waals surface area contributed by atoms with Crippen LogP contribution in [-0.2, 0) is 4.74 Å². The first-order chi connectivity index (χ1) is 7.94. The molecule has 96 valence electrons. The zero-order chi connectivity index (χ0) is 12.9. The molecule has 0 spiro atoms. The van der Waals surface area contributed by atoms with E-state index in [0.717, 1.165) is 36.8 Å². The maximum Gasteiger partial charge on any atom is 0.126 e. The average Bonchev–Trinajstić information content (AvgIpc) is 2.28. The number of methoxy groups -OCH3 is 1. The second-order valence-corrected chi connectivity index (χ2v) is 5.13. The van der Waals surface area contributed by atoms with E-state index in [1.807, 2.05) is 19.1 Å². The van der Waals surface area contributed by atoms with E-state index < -0.39 is 0 Å². The molecule has 0 saturated carbocycles. The molecule has 1 rings (SSSR count). The molecular weight excluding hydrogens is 214 g/mol. The number of aromatic nitrogens is 1. The van der Waals surface area contributed by atoms with Crippen LogP contribution in [0.1, 0.15) is 26.0 Å². The van der Waals surface area contributed by atoms with Crippen molar-refractivity contribution in [3.63, 3.8) is 0 Å². The highest BCUT2D eigenvalue weighted by Gasteiger charge is 2.17. The van der Waals surface area contributed by atoms with Crippen LogP contribution < -0.4 is 11.1 Å². The summed E-state index contributed by atoms with van der Waals surface area (Å²) in [6.07, 6.45) is 1.02. The highest BCUT2D eigenvalue weighted by Crippen LogP contribution is 2.21. The minimum Gasteiger partial charge on any atom is -0.397 e. The van der Waals surface area contributed by atoms with Crippen LogP contribution in [0.25, 0.3) is 0 Å². The van der Waals surface area contributed by atoms with E-state index in [1.165, 1.54) is 0 Å². The molecule has 0 saturated heterocycles. The van der Waals surface area contributed by atoms with Crippen molar-refractivity contribution < 1.29 is 4.74 Å². The monoisotopic (exact) mass is 237 g/mol. The molecule has 0 aliphatic carbocycles. The first-order valence-electron chi connectivity index (χ1n) is 5.90. The molecule has 17 heavy (non-hydrogen) atoms. The quantitative estimate of drug-likeness (QED) is 0.798. The molecule has 0 radical (unpaired) electrons. The molecule has 1 aromatic rings. The third kappa shape index (κ3) is 4.61. The molecule has 0 amide bonds. The van der Waals surface area contributed by atoms with Crippen LogP contribution in [0.4, 0.5) is 11.5 Å². The normalized spacial score (nSPS) is 11.5. The van der Waals surface area contributed by atoms with Crippen LogP contribution in [0, 0.1) is 12.3 Å². The van der Waals surface area contributed by atoms with Crippen molar-refractivity contribution in [3.8, 4) is 0 Å². The van der Waals surface area contributed by atoms with Gasteiger partial charge in [0.05, 0.1) is 11.4 Å². The van der Waals surface area contributed by atoms with Crippen LogP contribution in [-0.4, -0.2) is 25.2 Å². The fraction of sp³-hybridized carbons (Fsp3) is 0.615. The lowest BCUT2D eigenvalue weighted by Gasteiger charge is -2.25. The van der Waals surface area contributed by atoms with Crippen molar-refractivity contribution in [2.75, 3.05) is 31.3 Å². The van der Waals surface area contributed by atoms with E-state index in [-0.39, 0.29) is 5.41 Å². The molecule has 1 heterocycles. The zero-order valence-corrected chi connectivity index (χ0v) is 11.2. The zero-order valence-electron chi connectivity index (χ0n) is 11.2. The Kier molecular flexibility index (Phi) is 4.75. The van der Waals surface area contributed by atoms with Gasteiger partial charge in [-0.25, -0.2) is 4.98 Å². The van der Waals surface area contributed by atoms with Gasteiger partial charge in [-0.15, -0.1) is 0 Å². The molecule has 0 aliphatic heterocycles. The Bertz CT molecular complexity index is 364. The number of hydrogen-bond donors (Lipinski definition) is 2. The molecule has 0 bridgehead atoms. The topological polar surface area (TPSA) is 60.2 Å².